The van der Waals surface area contributed by atoms with Crippen molar-refractivity contribution in [3.63, 3.8) is 0 Å². The van der Waals surface area contributed by atoms with Crippen LogP contribution in [0.3, 0.4) is 0 Å². The molecule has 6 nitrogen and oxygen atoms in total. The van der Waals surface area contributed by atoms with Crippen LogP contribution < -0.4 is 0 Å². The van der Waals surface area contributed by atoms with Crippen molar-refractivity contribution in [2.24, 2.45) is 0 Å². The Bertz CT molecular complexity index is 711. The van der Waals surface area contributed by atoms with Crippen LogP contribution in [-0.4, -0.2) is 47.5 Å². The van der Waals surface area contributed by atoms with Crippen LogP contribution in [0.15, 0.2) is 40.9 Å². The standard InChI is InChI=1S/C18H20N2O4/c1-13-9-15(19-24-13)10-18(22)20-7-8-23-12-16(20)11-17(21)14-5-3-2-4-6-14/h2-6,9,16H,7-8,10-12H2,1H3/t16-/m1/s1. The SMILES string of the molecule is Cc1cc(CC(=O)N2CCOC[C@H]2CC(=O)c2ccccc2)no1. The first kappa shape index (κ1) is 16.4. The van der Waals surface area contributed by atoms with Gasteiger partial charge >= 0.3 is 0 Å². The second-order valence-electron chi connectivity index (χ2n) is 5.91. The molecule has 3 rings (SSSR count). The minimum Gasteiger partial charge on any atom is -0.377 e. The summed E-state index contributed by atoms with van der Waals surface area (Å²) in [5.74, 6) is 0.634. The maximum atomic E-state index is 12.6. The molecule has 1 fully saturated rings. The number of Topliss-reactive ketones (excluding diaryl/α,β-unsaturated/α-hetero) is 1. The van der Waals surface area contributed by atoms with Gasteiger partial charge in [0.25, 0.3) is 0 Å². The van der Waals surface area contributed by atoms with Crippen molar-refractivity contribution >= 4 is 11.7 Å². The molecule has 0 bridgehead atoms. The van der Waals surface area contributed by atoms with Gasteiger partial charge in [-0.2, -0.15) is 0 Å². The van der Waals surface area contributed by atoms with E-state index < -0.39 is 0 Å². The highest BCUT2D eigenvalue weighted by Gasteiger charge is 2.29. The predicted molar refractivity (Wildman–Crippen MR) is 86.7 cm³/mol. The lowest BCUT2D eigenvalue weighted by atomic mass is 10.0. The minimum absolute atomic E-state index is 0.0150. The van der Waals surface area contributed by atoms with Gasteiger partial charge in [-0.15, -0.1) is 0 Å². The number of carbonyl (C=O) groups excluding carboxylic acids is 2. The van der Waals surface area contributed by atoms with E-state index in [1.165, 1.54) is 0 Å². The van der Waals surface area contributed by atoms with Crippen LogP contribution in [-0.2, 0) is 16.0 Å². The molecule has 0 N–H and O–H groups in total. The van der Waals surface area contributed by atoms with E-state index >= 15 is 0 Å². The van der Waals surface area contributed by atoms with Gasteiger partial charge in [-0.3, -0.25) is 9.59 Å². The summed E-state index contributed by atoms with van der Waals surface area (Å²) in [4.78, 5) is 26.7. The summed E-state index contributed by atoms with van der Waals surface area (Å²) in [5, 5.41) is 3.86. The summed E-state index contributed by atoms with van der Waals surface area (Å²) in [6.07, 6.45) is 0.432. The molecular weight excluding hydrogens is 308 g/mol. The number of hydrogen-bond acceptors (Lipinski definition) is 5. The topological polar surface area (TPSA) is 72.6 Å². The highest BCUT2D eigenvalue weighted by Crippen LogP contribution is 2.16. The summed E-state index contributed by atoms with van der Waals surface area (Å²) < 4.78 is 10.5. The molecule has 0 saturated carbocycles. The van der Waals surface area contributed by atoms with Crippen LogP contribution in [0.2, 0.25) is 0 Å². The number of hydrogen-bond donors (Lipinski definition) is 0. The maximum Gasteiger partial charge on any atom is 0.229 e. The fraction of sp³-hybridized carbons (Fsp3) is 0.389. The Labute approximate surface area is 140 Å². The molecule has 1 aliphatic rings. The number of aromatic nitrogens is 1. The summed E-state index contributed by atoms with van der Waals surface area (Å²) >= 11 is 0. The monoisotopic (exact) mass is 328 g/mol. The lowest BCUT2D eigenvalue weighted by Crippen LogP contribution is -2.50. The van der Waals surface area contributed by atoms with E-state index in [2.05, 4.69) is 5.16 Å². The summed E-state index contributed by atoms with van der Waals surface area (Å²) in [6, 6.07) is 10.6. The quantitative estimate of drug-likeness (QED) is 0.785. The fourth-order valence-electron chi connectivity index (χ4n) is 2.87. The van der Waals surface area contributed by atoms with Gasteiger partial charge in [-0.25, -0.2) is 0 Å². The molecule has 0 unspecified atom stereocenters. The molecule has 24 heavy (non-hydrogen) atoms. The largest absolute Gasteiger partial charge is 0.377 e. The van der Waals surface area contributed by atoms with Crippen LogP contribution in [0.5, 0.6) is 0 Å². The van der Waals surface area contributed by atoms with Crippen LogP contribution in [0.4, 0.5) is 0 Å². The second-order valence-corrected chi connectivity index (χ2v) is 5.91. The highest BCUT2D eigenvalue weighted by atomic mass is 16.5. The number of aryl methyl sites for hydroxylation is 1. The van der Waals surface area contributed by atoms with Gasteiger partial charge in [0.2, 0.25) is 5.91 Å². The third-order valence-corrected chi connectivity index (χ3v) is 4.07. The number of nitrogens with zero attached hydrogens (tertiary/aromatic N) is 2. The number of benzene rings is 1. The first-order chi connectivity index (χ1) is 11.6. The predicted octanol–water partition coefficient (Wildman–Crippen LogP) is 2.03. The van der Waals surface area contributed by atoms with Crippen molar-refractivity contribution < 1.29 is 18.8 Å². The lowest BCUT2D eigenvalue weighted by Gasteiger charge is -2.35. The zero-order valence-corrected chi connectivity index (χ0v) is 13.6. The van der Waals surface area contributed by atoms with Gasteiger partial charge < -0.3 is 14.2 Å². The molecule has 1 atom stereocenters. The minimum atomic E-state index is -0.244. The zero-order chi connectivity index (χ0) is 16.9. The molecule has 0 radical (unpaired) electrons. The molecule has 1 saturated heterocycles. The van der Waals surface area contributed by atoms with Crippen LogP contribution >= 0.6 is 0 Å². The van der Waals surface area contributed by atoms with Gasteiger partial charge in [0, 0.05) is 24.6 Å². The average Bonchev–Trinajstić information content (AvgIpc) is 3.01. The molecule has 1 aromatic carbocycles. The van der Waals surface area contributed by atoms with Gasteiger partial charge in [-0.05, 0) is 6.92 Å². The van der Waals surface area contributed by atoms with E-state index in [1.807, 2.05) is 18.2 Å². The van der Waals surface area contributed by atoms with E-state index in [-0.39, 0.29) is 30.6 Å². The van der Waals surface area contributed by atoms with Gasteiger partial charge in [0.1, 0.15) is 5.76 Å². The molecule has 2 aromatic rings. The van der Waals surface area contributed by atoms with Crippen molar-refractivity contribution in [1.82, 2.24) is 10.1 Å². The molecule has 2 heterocycles. The Kier molecular flexibility index (Phi) is 5.05. The number of ketones is 1. The van der Waals surface area contributed by atoms with Crippen molar-refractivity contribution in [3.05, 3.63) is 53.4 Å². The van der Waals surface area contributed by atoms with Gasteiger partial charge in [-0.1, -0.05) is 35.5 Å². The van der Waals surface area contributed by atoms with E-state index in [0.717, 1.165) is 0 Å². The Hall–Kier alpha value is -2.47. The lowest BCUT2D eigenvalue weighted by molar-refractivity contribution is -0.139. The molecule has 6 heteroatoms. The van der Waals surface area contributed by atoms with Crippen molar-refractivity contribution in [2.75, 3.05) is 19.8 Å². The van der Waals surface area contributed by atoms with Crippen molar-refractivity contribution in [1.29, 1.82) is 0 Å². The first-order valence-electron chi connectivity index (χ1n) is 8.01. The number of carbonyl (C=O) groups is 2. The summed E-state index contributed by atoms with van der Waals surface area (Å²) in [6.45, 7) is 3.14. The molecule has 0 spiro atoms. The Balaban J connectivity index is 1.66. The molecule has 1 aliphatic heterocycles. The summed E-state index contributed by atoms with van der Waals surface area (Å²) in [7, 11) is 0. The highest BCUT2D eigenvalue weighted by molar-refractivity contribution is 5.96. The molecule has 0 aliphatic carbocycles. The normalized spacial score (nSPS) is 17.7. The van der Waals surface area contributed by atoms with Gasteiger partial charge in [0.05, 0.1) is 31.4 Å². The number of amides is 1. The average molecular weight is 328 g/mol. The fourth-order valence-corrected chi connectivity index (χ4v) is 2.87. The van der Waals surface area contributed by atoms with Crippen LogP contribution in [0, 0.1) is 6.92 Å². The van der Waals surface area contributed by atoms with E-state index in [0.29, 0.717) is 36.8 Å². The first-order valence-corrected chi connectivity index (χ1v) is 8.01. The molecule has 1 amide bonds. The Morgan fingerprint density at radius 3 is 2.79 bits per heavy atom. The number of morpholine rings is 1. The van der Waals surface area contributed by atoms with E-state index in [4.69, 9.17) is 9.26 Å². The maximum absolute atomic E-state index is 12.6. The Morgan fingerprint density at radius 2 is 2.08 bits per heavy atom. The Morgan fingerprint density at radius 1 is 1.29 bits per heavy atom. The molecule has 1 aromatic heterocycles. The zero-order valence-electron chi connectivity index (χ0n) is 13.6. The van der Waals surface area contributed by atoms with E-state index in [9.17, 15) is 9.59 Å². The third kappa shape index (κ3) is 3.89. The molecule has 126 valence electrons. The van der Waals surface area contributed by atoms with Gasteiger partial charge in [0.15, 0.2) is 5.78 Å². The van der Waals surface area contributed by atoms with Crippen molar-refractivity contribution in [2.45, 2.75) is 25.8 Å². The number of ether oxygens (including phenoxy) is 1. The second kappa shape index (κ2) is 7.40. The van der Waals surface area contributed by atoms with E-state index in [1.54, 1.807) is 30.0 Å². The van der Waals surface area contributed by atoms with Crippen LogP contribution in [0.1, 0.15) is 28.2 Å². The summed E-state index contributed by atoms with van der Waals surface area (Å²) in [5.41, 5.74) is 1.26. The third-order valence-electron chi connectivity index (χ3n) is 4.07. The molecular formula is C18H20N2O4. The van der Waals surface area contributed by atoms with Crippen molar-refractivity contribution in [3.8, 4) is 0 Å². The smallest absolute Gasteiger partial charge is 0.229 e. The number of rotatable bonds is 5. The van der Waals surface area contributed by atoms with Crippen LogP contribution in [0.25, 0.3) is 0 Å².